The first-order valence-electron chi connectivity index (χ1n) is 7.27. The summed E-state index contributed by atoms with van der Waals surface area (Å²) in [5.41, 5.74) is 1.92. The standard InChI is InChI=1S/C16H22N2O2/c1-3-18(16(19)13-7-8-13)12-14-6-5-10-17-15(14)9-11-20-4-2/h5-6,9-11,13H,3-4,7-8,12H2,1-2H3. The summed E-state index contributed by atoms with van der Waals surface area (Å²) >= 11 is 0. The SMILES string of the molecule is CCOC=Cc1ncccc1CN(CC)C(=O)C1CC1. The second kappa shape index (κ2) is 7.08. The molecule has 0 radical (unpaired) electrons. The highest BCUT2D eigenvalue weighted by molar-refractivity contribution is 5.81. The lowest BCUT2D eigenvalue weighted by Crippen LogP contribution is -2.31. The molecule has 20 heavy (non-hydrogen) atoms. The van der Waals surface area contributed by atoms with Crippen molar-refractivity contribution < 1.29 is 9.53 Å². The maximum atomic E-state index is 12.2. The maximum Gasteiger partial charge on any atom is 0.225 e. The average Bonchev–Trinajstić information content (AvgIpc) is 3.30. The lowest BCUT2D eigenvalue weighted by atomic mass is 10.1. The number of carbonyl (C=O) groups is 1. The van der Waals surface area contributed by atoms with Crippen LogP contribution in [-0.4, -0.2) is 28.9 Å². The van der Waals surface area contributed by atoms with Gasteiger partial charge in [0.05, 0.1) is 18.6 Å². The average molecular weight is 274 g/mol. The molecule has 0 aromatic carbocycles. The van der Waals surface area contributed by atoms with E-state index in [4.69, 9.17) is 4.74 Å². The molecule has 1 aliphatic rings. The Morgan fingerprint density at radius 3 is 2.95 bits per heavy atom. The van der Waals surface area contributed by atoms with Crippen LogP contribution in [0, 0.1) is 5.92 Å². The lowest BCUT2D eigenvalue weighted by molar-refractivity contribution is -0.132. The molecule has 1 saturated carbocycles. The Bertz CT molecular complexity index is 481. The van der Waals surface area contributed by atoms with Crippen LogP contribution in [0.2, 0.25) is 0 Å². The summed E-state index contributed by atoms with van der Waals surface area (Å²) in [7, 11) is 0. The molecule has 2 rings (SSSR count). The van der Waals surface area contributed by atoms with Gasteiger partial charge in [0.25, 0.3) is 0 Å². The van der Waals surface area contributed by atoms with E-state index >= 15 is 0 Å². The highest BCUT2D eigenvalue weighted by Gasteiger charge is 2.32. The van der Waals surface area contributed by atoms with Gasteiger partial charge >= 0.3 is 0 Å². The van der Waals surface area contributed by atoms with Crippen molar-refractivity contribution in [3.05, 3.63) is 35.8 Å². The molecule has 4 heteroatoms. The van der Waals surface area contributed by atoms with Gasteiger partial charge in [-0.3, -0.25) is 9.78 Å². The first kappa shape index (κ1) is 14.6. The number of pyridine rings is 1. The van der Waals surface area contributed by atoms with Crippen molar-refractivity contribution in [2.75, 3.05) is 13.2 Å². The van der Waals surface area contributed by atoms with E-state index in [-0.39, 0.29) is 11.8 Å². The third-order valence-corrected chi connectivity index (χ3v) is 3.40. The molecule has 1 aromatic heterocycles. The summed E-state index contributed by atoms with van der Waals surface area (Å²) < 4.78 is 5.22. The summed E-state index contributed by atoms with van der Waals surface area (Å²) in [5.74, 6) is 0.533. The third-order valence-electron chi connectivity index (χ3n) is 3.40. The van der Waals surface area contributed by atoms with Gasteiger partial charge in [-0.05, 0) is 44.4 Å². The first-order valence-corrected chi connectivity index (χ1v) is 7.27. The third kappa shape index (κ3) is 3.83. The Morgan fingerprint density at radius 1 is 1.50 bits per heavy atom. The van der Waals surface area contributed by atoms with Crippen LogP contribution in [0.4, 0.5) is 0 Å². The zero-order valence-corrected chi connectivity index (χ0v) is 12.2. The monoisotopic (exact) mass is 274 g/mol. The molecular formula is C16H22N2O2. The van der Waals surface area contributed by atoms with E-state index in [9.17, 15) is 4.79 Å². The van der Waals surface area contributed by atoms with Gasteiger partial charge in [-0.1, -0.05) is 6.07 Å². The first-order chi connectivity index (χ1) is 9.76. The van der Waals surface area contributed by atoms with Crippen molar-refractivity contribution in [3.63, 3.8) is 0 Å². The number of aromatic nitrogens is 1. The Hall–Kier alpha value is -1.84. The zero-order valence-electron chi connectivity index (χ0n) is 12.2. The van der Waals surface area contributed by atoms with Gasteiger partial charge in [-0.15, -0.1) is 0 Å². The van der Waals surface area contributed by atoms with Crippen LogP contribution < -0.4 is 0 Å². The van der Waals surface area contributed by atoms with Crippen LogP contribution in [0.1, 0.15) is 37.9 Å². The Kier molecular flexibility index (Phi) is 5.16. The molecule has 1 amide bonds. The molecule has 1 fully saturated rings. The fourth-order valence-electron chi connectivity index (χ4n) is 2.08. The summed E-state index contributed by atoms with van der Waals surface area (Å²) in [5, 5.41) is 0. The Balaban J connectivity index is 2.08. The minimum atomic E-state index is 0.258. The van der Waals surface area contributed by atoms with Crippen LogP contribution in [-0.2, 0) is 16.1 Å². The number of rotatable bonds is 7. The van der Waals surface area contributed by atoms with Crippen molar-refractivity contribution >= 4 is 12.0 Å². The molecule has 0 bridgehead atoms. The van der Waals surface area contributed by atoms with E-state index in [2.05, 4.69) is 4.98 Å². The zero-order chi connectivity index (χ0) is 14.4. The largest absolute Gasteiger partial charge is 0.501 e. The molecule has 0 saturated heterocycles. The van der Waals surface area contributed by atoms with Crippen LogP contribution in [0.15, 0.2) is 24.6 Å². The fraction of sp³-hybridized carbons (Fsp3) is 0.500. The minimum absolute atomic E-state index is 0.258. The maximum absolute atomic E-state index is 12.2. The van der Waals surface area contributed by atoms with Gasteiger partial charge in [0, 0.05) is 25.2 Å². The topological polar surface area (TPSA) is 42.4 Å². The summed E-state index contributed by atoms with van der Waals surface area (Å²) in [6, 6.07) is 3.92. The van der Waals surface area contributed by atoms with Crippen LogP contribution in [0.3, 0.4) is 0 Å². The second-order valence-corrected chi connectivity index (χ2v) is 4.93. The van der Waals surface area contributed by atoms with Crippen LogP contribution in [0.5, 0.6) is 0 Å². The fourth-order valence-corrected chi connectivity index (χ4v) is 2.08. The molecule has 4 nitrogen and oxygen atoms in total. The smallest absolute Gasteiger partial charge is 0.225 e. The van der Waals surface area contributed by atoms with Gasteiger partial charge in [0.1, 0.15) is 0 Å². The lowest BCUT2D eigenvalue weighted by Gasteiger charge is -2.21. The number of amides is 1. The number of carbonyl (C=O) groups excluding carboxylic acids is 1. The van der Waals surface area contributed by atoms with Crippen molar-refractivity contribution in [1.82, 2.24) is 9.88 Å². The number of hydrogen-bond acceptors (Lipinski definition) is 3. The second-order valence-electron chi connectivity index (χ2n) is 4.93. The van der Waals surface area contributed by atoms with Gasteiger partial charge in [-0.2, -0.15) is 0 Å². The normalized spacial score (nSPS) is 14.5. The van der Waals surface area contributed by atoms with E-state index in [1.165, 1.54) is 0 Å². The number of ether oxygens (including phenoxy) is 1. The molecule has 1 heterocycles. The Labute approximate surface area is 120 Å². The van der Waals surface area contributed by atoms with Crippen molar-refractivity contribution in [2.24, 2.45) is 5.92 Å². The summed E-state index contributed by atoms with van der Waals surface area (Å²) in [6.07, 6.45) is 7.35. The number of hydrogen-bond donors (Lipinski definition) is 0. The predicted octanol–water partition coefficient (Wildman–Crippen LogP) is 2.85. The van der Waals surface area contributed by atoms with E-state index in [1.807, 2.05) is 37.0 Å². The van der Waals surface area contributed by atoms with Crippen molar-refractivity contribution in [2.45, 2.75) is 33.2 Å². The molecule has 0 atom stereocenters. The van der Waals surface area contributed by atoms with Gasteiger partial charge in [-0.25, -0.2) is 0 Å². The molecule has 0 aliphatic heterocycles. The van der Waals surface area contributed by atoms with E-state index in [0.29, 0.717) is 13.2 Å². The number of nitrogens with zero attached hydrogens (tertiary/aromatic N) is 2. The van der Waals surface area contributed by atoms with Gasteiger partial charge in [0.15, 0.2) is 0 Å². The van der Waals surface area contributed by atoms with Crippen molar-refractivity contribution in [1.29, 1.82) is 0 Å². The van der Waals surface area contributed by atoms with E-state index < -0.39 is 0 Å². The van der Waals surface area contributed by atoms with Gasteiger partial charge < -0.3 is 9.64 Å². The quantitative estimate of drug-likeness (QED) is 0.718. The summed E-state index contributed by atoms with van der Waals surface area (Å²) in [6.45, 7) is 5.95. The molecule has 0 spiro atoms. The van der Waals surface area contributed by atoms with Crippen LogP contribution >= 0.6 is 0 Å². The summed E-state index contributed by atoms with van der Waals surface area (Å²) in [4.78, 5) is 18.4. The van der Waals surface area contributed by atoms with Crippen LogP contribution in [0.25, 0.3) is 6.08 Å². The van der Waals surface area contributed by atoms with E-state index in [1.54, 1.807) is 12.5 Å². The molecule has 0 unspecified atom stereocenters. The predicted molar refractivity (Wildman–Crippen MR) is 78.7 cm³/mol. The highest BCUT2D eigenvalue weighted by atomic mass is 16.5. The molecule has 1 aromatic rings. The highest BCUT2D eigenvalue weighted by Crippen LogP contribution is 2.31. The van der Waals surface area contributed by atoms with Gasteiger partial charge in [0.2, 0.25) is 5.91 Å². The minimum Gasteiger partial charge on any atom is -0.501 e. The van der Waals surface area contributed by atoms with E-state index in [0.717, 1.165) is 30.6 Å². The molecule has 1 aliphatic carbocycles. The molecule has 0 N–H and O–H groups in total. The Morgan fingerprint density at radius 2 is 2.30 bits per heavy atom. The van der Waals surface area contributed by atoms with Crippen molar-refractivity contribution in [3.8, 4) is 0 Å². The molecule has 108 valence electrons. The molecular weight excluding hydrogens is 252 g/mol.